The van der Waals surface area contributed by atoms with E-state index in [4.69, 9.17) is 9.84 Å². The Morgan fingerprint density at radius 2 is 1.92 bits per heavy atom. The molecule has 1 aromatic heterocycles. The molecule has 1 aromatic rings. The number of aromatic carboxylic acids is 1. The van der Waals surface area contributed by atoms with Gasteiger partial charge in [-0.3, -0.25) is 0 Å². The largest absolute Gasteiger partial charge is 0.476 e. The Balaban J connectivity index is 2.84. The van der Waals surface area contributed by atoms with Crippen molar-refractivity contribution in [2.75, 3.05) is 7.05 Å². The zero-order chi connectivity index (χ0) is 18.7. The number of hydrogen-bond acceptors (Lipinski definition) is 5. The van der Waals surface area contributed by atoms with E-state index < -0.39 is 11.6 Å². The molecule has 0 saturated heterocycles. The first kappa shape index (κ1) is 20.4. The zero-order valence-corrected chi connectivity index (χ0v) is 16.3. The normalized spacial score (nSPS) is 14.3. The average Bonchev–Trinajstić information content (AvgIpc) is 2.91. The summed E-state index contributed by atoms with van der Waals surface area (Å²) in [4.78, 5) is 29.1. The lowest BCUT2D eigenvalue weighted by molar-refractivity contribution is 0.0163. The molecule has 0 saturated carbocycles. The summed E-state index contributed by atoms with van der Waals surface area (Å²) in [7, 11) is 1.75. The Labute approximate surface area is 147 Å². The molecular weight excluding hydrogens is 328 g/mol. The molecule has 0 radical (unpaired) electrons. The van der Waals surface area contributed by atoms with Crippen molar-refractivity contribution in [2.45, 2.75) is 65.5 Å². The number of carboxylic acids is 1. The molecule has 0 aliphatic carbocycles. The molecule has 0 aromatic carbocycles. The van der Waals surface area contributed by atoms with Gasteiger partial charge in [0.05, 0.1) is 5.01 Å². The van der Waals surface area contributed by atoms with E-state index in [0.717, 1.165) is 5.01 Å². The summed E-state index contributed by atoms with van der Waals surface area (Å²) in [5, 5.41) is 11.3. The predicted octanol–water partition coefficient (Wildman–Crippen LogP) is 4.23. The lowest BCUT2D eigenvalue weighted by atomic mass is 9.93. The minimum atomic E-state index is -1.02. The smallest absolute Gasteiger partial charge is 0.410 e. The van der Waals surface area contributed by atoms with Crippen molar-refractivity contribution in [3.05, 3.63) is 16.1 Å². The van der Waals surface area contributed by atoms with Gasteiger partial charge in [0.15, 0.2) is 5.69 Å². The van der Waals surface area contributed by atoms with Crippen molar-refractivity contribution in [1.29, 1.82) is 0 Å². The SMILES string of the molecule is CC(C)[C@@H](C[C@@H](C)c1nc(C(=O)O)cs1)N(C)C(=O)OC(C)(C)C. The summed E-state index contributed by atoms with van der Waals surface area (Å²) < 4.78 is 5.45. The van der Waals surface area contributed by atoms with Crippen molar-refractivity contribution in [1.82, 2.24) is 9.88 Å². The van der Waals surface area contributed by atoms with Crippen molar-refractivity contribution >= 4 is 23.4 Å². The predicted molar refractivity (Wildman–Crippen MR) is 94.7 cm³/mol. The first-order valence-corrected chi connectivity index (χ1v) is 8.95. The van der Waals surface area contributed by atoms with E-state index in [2.05, 4.69) is 18.8 Å². The van der Waals surface area contributed by atoms with Gasteiger partial charge >= 0.3 is 12.1 Å². The molecule has 1 heterocycles. The highest BCUT2D eigenvalue weighted by molar-refractivity contribution is 7.09. The summed E-state index contributed by atoms with van der Waals surface area (Å²) in [6, 6.07) is -0.0213. The highest BCUT2D eigenvalue weighted by Crippen LogP contribution is 2.29. The summed E-state index contributed by atoms with van der Waals surface area (Å²) in [6.45, 7) is 11.6. The zero-order valence-electron chi connectivity index (χ0n) is 15.5. The first-order chi connectivity index (χ1) is 10.9. The van der Waals surface area contributed by atoms with Crippen LogP contribution in [0.3, 0.4) is 0 Å². The van der Waals surface area contributed by atoms with Crippen molar-refractivity contribution in [3.63, 3.8) is 0 Å². The maximum Gasteiger partial charge on any atom is 0.410 e. The van der Waals surface area contributed by atoms with Gasteiger partial charge in [0.1, 0.15) is 5.60 Å². The molecule has 0 bridgehead atoms. The molecule has 7 heteroatoms. The van der Waals surface area contributed by atoms with E-state index in [1.807, 2.05) is 27.7 Å². The van der Waals surface area contributed by atoms with Gasteiger partial charge in [-0.2, -0.15) is 0 Å². The summed E-state index contributed by atoms with van der Waals surface area (Å²) in [5.41, 5.74) is -0.465. The molecule has 0 spiro atoms. The summed E-state index contributed by atoms with van der Waals surface area (Å²) in [6.07, 6.45) is 0.346. The topological polar surface area (TPSA) is 79.7 Å². The van der Waals surface area contributed by atoms with Crippen LogP contribution in [0.2, 0.25) is 0 Å². The van der Waals surface area contributed by atoms with Crippen LogP contribution in [0.4, 0.5) is 4.79 Å². The maximum absolute atomic E-state index is 12.3. The molecule has 0 aliphatic heterocycles. The fourth-order valence-corrected chi connectivity index (χ4v) is 3.29. The lowest BCUT2D eigenvalue weighted by Gasteiger charge is -2.34. The number of thiazole rings is 1. The van der Waals surface area contributed by atoms with Crippen LogP contribution in [0.15, 0.2) is 5.38 Å². The van der Waals surface area contributed by atoms with E-state index in [-0.39, 0.29) is 29.7 Å². The van der Waals surface area contributed by atoms with Gasteiger partial charge in [0.25, 0.3) is 0 Å². The summed E-state index contributed by atoms with van der Waals surface area (Å²) in [5.74, 6) is -0.722. The minimum absolute atomic E-state index is 0.0213. The Morgan fingerprint density at radius 1 is 1.33 bits per heavy atom. The molecule has 6 nitrogen and oxygen atoms in total. The second-order valence-corrected chi connectivity index (χ2v) is 8.31. The van der Waals surface area contributed by atoms with Crippen molar-refractivity contribution in [3.8, 4) is 0 Å². The molecule has 24 heavy (non-hydrogen) atoms. The van der Waals surface area contributed by atoms with Crippen LogP contribution in [0.5, 0.6) is 0 Å². The van der Waals surface area contributed by atoms with Crippen LogP contribution in [0, 0.1) is 5.92 Å². The van der Waals surface area contributed by atoms with Gasteiger partial charge in [-0.15, -0.1) is 11.3 Å². The number of nitrogens with zero attached hydrogens (tertiary/aromatic N) is 2. The third-order valence-corrected chi connectivity index (χ3v) is 4.78. The Hall–Kier alpha value is -1.63. The second-order valence-electron chi connectivity index (χ2n) is 7.42. The van der Waals surface area contributed by atoms with Crippen molar-refractivity contribution in [2.24, 2.45) is 5.92 Å². The van der Waals surface area contributed by atoms with Crippen LogP contribution >= 0.6 is 11.3 Å². The van der Waals surface area contributed by atoms with Crippen LogP contribution < -0.4 is 0 Å². The highest BCUT2D eigenvalue weighted by Gasteiger charge is 2.29. The average molecular weight is 356 g/mol. The van der Waals surface area contributed by atoms with Gasteiger partial charge in [-0.1, -0.05) is 20.8 Å². The maximum atomic E-state index is 12.3. The molecule has 136 valence electrons. The minimum Gasteiger partial charge on any atom is -0.476 e. The molecule has 0 fully saturated rings. The van der Waals surface area contributed by atoms with E-state index >= 15 is 0 Å². The van der Waals surface area contributed by atoms with Crippen LogP contribution in [0.25, 0.3) is 0 Å². The number of rotatable bonds is 6. The van der Waals surface area contributed by atoms with Gasteiger partial charge < -0.3 is 14.7 Å². The molecule has 1 amide bonds. The number of amides is 1. The summed E-state index contributed by atoms with van der Waals surface area (Å²) >= 11 is 1.34. The Kier molecular flexibility index (Phi) is 6.77. The molecular formula is C17H28N2O4S. The number of carbonyl (C=O) groups is 2. The molecule has 1 N–H and O–H groups in total. The van der Waals surface area contributed by atoms with Gasteiger partial charge in [-0.05, 0) is 33.1 Å². The Morgan fingerprint density at radius 3 is 2.33 bits per heavy atom. The monoisotopic (exact) mass is 356 g/mol. The third-order valence-electron chi connectivity index (χ3n) is 3.71. The van der Waals surface area contributed by atoms with Crippen LogP contribution in [-0.2, 0) is 4.74 Å². The number of carboxylic acid groups (broad SMARTS) is 1. The standard InChI is InChI=1S/C17H28N2O4S/c1-10(2)13(19(7)16(22)23-17(4,5)6)8-11(3)14-18-12(9-24-14)15(20)21/h9-11,13H,8H2,1-7H3,(H,20,21)/t11-,13-/m1/s1. The first-order valence-electron chi connectivity index (χ1n) is 8.07. The van der Waals surface area contributed by atoms with E-state index in [1.165, 1.54) is 11.3 Å². The number of hydrogen-bond donors (Lipinski definition) is 1. The quantitative estimate of drug-likeness (QED) is 0.825. The van der Waals surface area contributed by atoms with Gasteiger partial charge in [-0.25, -0.2) is 14.6 Å². The molecule has 0 aliphatic rings. The van der Waals surface area contributed by atoms with Gasteiger partial charge in [0.2, 0.25) is 0 Å². The fourth-order valence-electron chi connectivity index (χ4n) is 2.42. The Bertz CT molecular complexity index is 577. The highest BCUT2D eigenvalue weighted by atomic mass is 32.1. The van der Waals surface area contributed by atoms with E-state index in [0.29, 0.717) is 6.42 Å². The van der Waals surface area contributed by atoms with Gasteiger partial charge in [0, 0.05) is 24.4 Å². The molecule has 2 atom stereocenters. The third kappa shape index (κ3) is 5.78. The van der Waals surface area contributed by atoms with Crippen LogP contribution in [-0.4, -0.2) is 45.7 Å². The van der Waals surface area contributed by atoms with Crippen LogP contribution in [0.1, 0.15) is 69.4 Å². The van der Waals surface area contributed by atoms with E-state index in [1.54, 1.807) is 17.3 Å². The second kappa shape index (κ2) is 7.96. The fraction of sp³-hybridized carbons (Fsp3) is 0.706. The number of carbonyl (C=O) groups excluding carboxylic acids is 1. The lowest BCUT2D eigenvalue weighted by Crippen LogP contribution is -2.43. The molecule has 1 rings (SSSR count). The number of ether oxygens (including phenoxy) is 1. The van der Waals surface area contributed by atoms with Crippen molar-refractivity contribution < 1.29 is 19.4 Å². The number of aromatic nitrogens is 1. The molecule has 0 unspecified atom stereocenters. The van der Waals surface area contributed by atoms with E-state index in [9.17, 15) is 9.59 Å².